The van der Waals surface area contributed by atoms with Gasteiger partial charge in [-0.2, -0.15) is 18.2 Å². The lowest BCUT2D eigenvalue weighted by molar-refractivity contribution is -0.144. The van der Waals surface area contributed by atoms with Crippen molar-refractivity contribution in [1.82, 2.24) is 24.9 Å². The smallest absolute Gasteiger partial charge is 0.368 e. The highest BCUT2D eigenvalue weighted by atomic mass is 19.4. The number of rotatable bonds is 6. The van der Waals surface area contributed by atoms with Gasteiger partial charge < -0.3 is 11.1 Å². The molecule has 0 aliphatic rings. The van der Waals surface area contributed by atoms with Crippen LogP contribution < -0.4 is 11.1 Å². The predicted molar refractivity (Wildman–Crippen MR) is 100 cm³/mol. The molecule has 0 aliphatic heterocycles. The van der Waals surface area contributed by atoms with Crippen molar-refractivity contribution in [1.29, 1.82) is 0 Å². The third kappa shape index (κ3) is 4.39. The molecule has 3 rings (SSSR count). The lowest BCUT2D eigenvalue weighted by Gasteiger charge is -2.16. The Morgan fingerprint density at radius 2 is 1.83 bits per heavy atom. The van der Waals surface area contributed by atoms with Crippen LogP contribution in [0.3, 0.4) is 0 Å². The Hall–Kier alpha value is -3.50. The van der Waals surface area contributed by atoms with Crippen molar-refractivity contribution in [2.75, 3.05) is 0 Å². The van der Waals surface area contributed by atoms with Gasteiger partial charge in [-0.05, 0) is 31.4 Å². The highest BCUT2D eigenvalue weighted by Crippen LogP contribution is 2.27. The quantitative estimate of drug-likeness (QED) is 0.633. The third-order valence-corrected chi connectivity index (χ3v) is 4.63. The number of nitrogens with zero attached hydrogens (tertiary/aromatic N) is 4. The van der Waals surface area contributed by atoms with Gasteiger partial charge >= 0.3 is 6.18 Å². The van der Waals surface area contributed by atoms with Gasteiger partial charge in [0.1, 0.15) is 6.04 Å². The summed E-state index contributed by atoms with van der Waals surface area (Å²) < 4.78 is 39.7. The molecule has 0 unspecified atom stereocenters. The molecule has 1 atom stereocenters. The van der Waals surface area contributed by atoms with E-state index in [2.05, 4.69) is 20.4 Å². The van der Waals surface area contributed by atoms with E-state index in [4.69, 9.17) is 5.73 Å². The first-order chi connectivity index (χ1) is 14.1. The molecule has 0 bridgehead atoms. The zero-order chi connectivity index (χ0) is 22.1. The molecule has 2 amide bonds. The van der Waals surface area contributed by atoms with Crippen LogP contribution in [0.2, 0.25) is 0 Å². The van der Waals surface area contributed by atoms with Crippen molar-refractivity contribution in [3.05, 3.63) is 58.7 Å². The second kappa shape index (κ2) is 8.09. The zero-order valence-electron chi connectivity index (χ0n) is 16.2. The van der Waals surface area contributed by atoms with E-state index in [1.54, 1.807) is 44.2 Å². The number of carbonyl (C=O) groups is 2. The highest BCUT2D eigenvalue weighted by Gasteiger charge is 2.37. The molecule has 2 aromatic heterocycles. The lowest BCUT2D eigenvalue weighted by atomic mass is 10.0. The van der Waals surface area contributed by atoms with Gasteiger partial charge in [0.05, 0.1) is 0 Å². The van der Waals surface area contributed by atoms with E-state index in [0.717, 1.165) is 4.52 Å². The number of hydrogen-bond donors (Lipinski definition) is 2. The van der Waals surface area contributed by atoms with Crippen molar-refractivity contribution in [3.8, 4) is 0 Å². The van der Waals surface area contributed by atoms with Crippen LogP contribution in [-0.4, -0.2) is 31.4 Å². The van der Waals surface area contributed by atoms with Gasteiger partial charge in [-0.25, -0.2) is 9.50 Å². The number of aryl methyl sites for hydroxylation is 2. The number of aromatic nitrogens is 4. The molecule has 0 saturated carbocycles. The monoisotopic (exact) mass is 420 g/mol. The molecule has 3 N–H and O–H groups in total. The summed E-state index contributed by atoms with van der Waals surface area (Å²) in [5.74, 6) is -2.58. The second-order valence-corrected chi connectivity index (χ2v) is 6.72. The third-order valence-electron chi connectivity index (χ3n) is 4.63. The molecule has 0 fully saturated rings. The number of primary amides is 1. The molecule has 1 aromatic carbocycles. The summed E-state index contributed by atoms with van der Waals surface area (Å²) >= 11 is 0. The van der Waals surface area contributed by atoms with Crippen LogP contribution in [0.4, 0.5) is 13.2 Å². The fourth-order valence-electron chi connectivity index (χ4n) is 3.13. The van der Waals surface area contributed by atoms with Crippen LogP contribution in [0.25, 0.3) is 5.78 Å². The molecule has 30 heavy (non-hydrogen) atoms. The molecule has 3 aromatic rings. The summed E-state index contributed by atoms with van der Waals surface area (Å²) in [6.45, 7) is 3.21. The van der Waals surface area contributed by atoms with E-state index in [1.807, 2.05) is 0 Å². The molecular weight excluding hydrogens is 401 g/mol. The van der Waals surface area contributed by atoms with Gasteiger partial charge in [-0.1, -0.05) is 30.3 Å². The Morgan fingerprint density at radius 1 is 1.17 bits per heavy atom. The maximum Gasteiger partial charge on any atom is 0.453 e. The number of carbonyl (C=O) groups excluding carboxylic acids is 2. The molecule has 8 nitrogen and oxygen atoms in total. The Bertz CT molecular complexity index is 1100. The van der Waals surface area contributed by atoms with Crippen molar-refractivity contribution < 1.29 is 22.8 Å². The Kier molecular flexibility index (Phi) is 5.72. The number of nitrogens with one attached hydrogen (secondary N) is 1. The molecule has 11 heteroatoms. The number of fused-ring (bicyclic) bond motifs is 1. The first-order valence-electron chi connectivity index (χ1n) is 9.01. The predicted octanol–water partition coefficient (Wildman–Crippen LogP) is 2.04. The maximum absolute atomic E-state index is 12.9. The van der Waals surface area contributed by atoms with Crippen LogP contribution in [0.1, 0.15) is 40.8 Å². The summed E-state index contributed by atoms with van der Waals surface area (Å²) in [7, 11) is 0. The Labute approximate surface area is 169 Å². The molecule has 0 saturated heterocycles. The van der Waals surface area contributed by atoms with E-state index in [0.29, 0.717) is 22.5 Å². The minimum Gasteiger partial charge on any atom is -0.368 e. The number of halogens is 3. The van der Waals surface area contributed by atoms with Crippen molar-refractivity contribution >= 4 is 17.6 Å². The van der Waals surface area contributed by atoms with E-state index >= 15 is 0 Å². The minimum atomic E-state index is -4.69. The molecule has 0 radical (unpaired) electrons. The van der Waals surface area contributed by atoms with Gasteiger partial charge in [0.25, 0.3) is 11.6 Å². The van der Waals surface area contributed by atoms with E-state index < -0.39 is 29.9 Å². The summed E-state index contributed by atoms with van der Waals surface area (Å²) in [5.41, 5.74) is 7.38. The number of amides is 2. The lowest BCUT2D eigenvalue weighted by Crippen LogP contribution is -2.37. The normalized spacial score (nSPS) is 12.7. The molecular formula is C19H19F3N6O2. The largest absolute Gasteiger partial charge is 0.453 e. The summed E-state index contributed by atoms with van der Waals surface area (Å²) in [5, 5.41) is 6.07. The van der Waals surface area contributed by atoms with Gasteiger partial charge in [0.15, 0.2) is 0 Å². The number of hydrogen-bond acceptors (Lipinski definition) is 5. The van der Waals surface area contributed by atoms with Gasteiger partial charge in [-0.15, -0.1) is 5.10 Å². The van der Waals surface area contributed by atoms with Crippen LogP contribution in [0.15, 0.2) is 30.3 Å². The van der Waals surface area contributed by atoms with Gasteiger partial charge in [-0.3, -0.25) is 9.59 Å². The van der Waals surface area contributed by atoms with Gasteiger partial charge in [0.2, 0.25) is 11.8 Å². The second-order valence-electron chi connectivity index (χ2n) is 6.72. The fourth-order valence-corrected chi connectivity index (χ4v) is 3.13. The molecule has 0 aliphatic carbocycles. The van der Waals surface area contributed by atoms with E-state index in [-0.39, 0.29) is 18.6 Å². The average molecular weight is 420 g/mol. The first-order valence-corrected chi connectivity index (χ1v) is 9.01. The molecule has 0 spiro atoms. The SMILES string of the molecule is Cc1nc2nc(C(F)(F)F)nn2c(C)c1CCC(=O)N[C@H](C(N)=O)c1ccccc1. The Balaban J connectivity index is 1.77. The molecule has 158 valence electrons. The van der Waals surface area contributed by atoms with E-state index in [1.165, 1.54) is 0 Å². The summed E-state index contributed by atoms with van der Waals surface area (Å²) in [6.07, 6.45) is -4.52. The van der Waals surface area contributed by atoms with E-state index in [9.17, 15) is 22.8 Å². The first kappa shape index (κ1) is 21.2. The molecule has 2 heterocycles. The number of alkyl halides is 3. The fraction of sp³-hybridized carbons (Fsp3) is 0.316. The van der Waals surface area contributed by atoms with Crippen LogP contribution in [-0.2, 0) is 22.2 Å². The zero-order valence-corrected chi connectivity index (χ0v) is 16.2. The number of benzene rings is 1. The van der Waals surface area contributed by atoms with Crippen molar-refractivity contribution in [2.45, 2.75) is 38.9 Å². The average Bonchev–Trinajstić information content (AvgIpc) is 3.11. The number of nitrogens with two attached hydrogens (primary N) is 1. The highest BCUT2D eigenvalue weighted by molar-refractivity contribution is 5.87. The van der Waals surface area contributed by atoms with Crippen LogP contribution >= 0.6 is 0 Å². The maximum atomic E-state index is 12.9. The standard InChI is InChI=1S/C19H19F3N6O2/c1-10-13(11(2)28-18(24-10)26-17(27-28)19(20,21)22)8-9-14(29)25-15(16(23)30)12-6-4-3-5-7-12/h3-7,15H,8-9H2,1-2H3,(H2,23,30)(H,25,29)/t15-/m0/s1. The van der Waals surface area contributed by atoms with Crippen molar-refractivity contribution in [2.24, 2.45) is 5.73 Å². The minimum absolute atomic E-state index is 0.0215. The Morgan fingerprint density at radius 3 is 2.43 bits per heavy atom. The van der Waals surface area contributed by atoms with Crippen molar-refractivity contribution in [3.63, 3.8) is 0 Å². The van der Waals surface area contributed by atoms with Crippen LogP contribution in [0.5, 0.6) is 0 Å². The summed E-state index contributed by atoms with van der Waals surface area (Å²) in [4.78, 5) is 31.6. The topological polar surface area (TPSA) is 115 Å². The van der Waals surface area contributed by atoms with Gasteiger partial charge in [0, 0.05) is 17.8 Å². The summed E-state index contributed by atoms with van der Waals surface area (Å²) in [6, 6.07) is 7.57. The van der Waals surface area contributed by atoms with Crippen LogP contribution in [0, 0.1) is 13.8 Å².